The second kappa shape index (κ2) is 6.76. The summed E-state index contributed by atoms with van der Waals surface area (Å²) in [6.45, 7) is 4.16. The Morgan fingerprint density at radius 1 is 1.20 bits per heavy atom. The molecule has 0 bridgehead atoms. The molecule has 3 fully saturated rings. The molecule has 1 amide bonds. The molecule has 0 aromatic carbocycles. The molecular weight excluding hydrogens is 322 g/mol. The van der Waals surface area contributed by atoms with Gasteiger partial charge in [-0.15, -0.1) is 0 Å². The van der Waals surface area contributed by atoms with Crippen molar-refractivity contribution in [2.45, 2.75) is 31.3 Å². The van der Waals surface area contributed by atoms with Crippen LogP contribution < -0.4 is 15.5 Å². The number of β-amino-alcohol motifs (C(OH)–C–C–N with tert-alkyl or cyclic N) is 1. The van der Waals surface area contributed by atoms with E-state index >= 15 is 0 Å². The summed E-state index contributed by atoms with van der Waals surface area (Å²) in [6.07, 6.45) is 2.21. The number of piperidine rings is 1. The molecule has 3 aliphatic heterocycles. The summed E-state index contributed by atoms with van der Waals surface area (Å²) in [5.74, 6) is 1.64. The van der Waals surface area contributed by atoms with E-state index < -0.39 is 0 Å². The summed E-state index contributed by atoms with van der Waals surface area (Å²) in [5.41, 5.74) is 6.44. The van der Waals surface area contributed by atoms with Gasteiger partial charge in [-0.25, -0.2) is 4.98 Å². The standard InChI is InChI=1S/C17H25N5O3/c18-16(24)11-1-4-21(5-2-11)15-7-14(12-3-6-25-10-12)19-17(20-15)22-8-13(23)9-22/h7,11-13,23H,1-6,8-10H2,(H2,18,24)/t12-/m1/s1. The third-order valence-electron chi connectivity index (χ3n) is 5.44. The summed E-state index contributed by atoms with van der Waals surface area (Å²) in [4.78, 5) is 25.1. The number of primary amides is 1. The molecule has 3 aliphatic rings. The first kappa shape index (κ1) is 16.5. The molecule has 8 heteroatoms. The smallest absolute Gasteiger partial charge is 0.227 e. The lowest BCUT2D eigenvalue weighted by molar-refractivity contribution is -0.122. The predicted molar refractivity (Wildman–Crippen MR) is 92.6 cm³/mol. The maximum atomic E-state index is 11.4. The topological polar surface area (TPSA) is 105 Å². The number of aliphatic hydroxyl groups excluding tert-OH is 1. The lowest BCUT2D eigenvalue weighted by atomic mass is 9.96. The van der Waals surface area contributed by atoms with Gasteiger partial charge < -0.3 is 25.4 Å². The molecule has 1 atom stereocenters. The lowest BCUT2D eigenvalue weighted by Gasteiger charge is -2.37. The van der Waals surface area contributed by atoms with Crippen molar-refractivity contribution in [3.8, 4) is 0 Å². The highest BCUT2D eigenvalue weighted by molar-refractivity contribution is 5.77. The van der Waals surface area contributed by atoms with Crippen LogP contribution in [0.3, 0.4) is 0 Å². The van der Waals surface area contributed by atoms with Crippen molar-refractivity contribution in [3.63, 3.8) is 0 Å². The highest BCUT2D eigenvalue weighted by Gasteiger charge is 2.30. The first-order chi connectivity index (χ1) is 12.1. The molecule has 3 N–H and O–H groups in total. The van der Waals surface area contributed by atoms with Crippen molar-refractivity contribution >= 4 is 17.7 Å². The van der Waals surface area contributed by atoms with E-state index in [9.17, 15) is 9.90 Å². The fourth-order valence-corrected chi connectivity index (χ4v) is 3.73. The number of nitrogens with two attached hydrogens (primary N) is 1. The third-order valence-corrected chi connectivity index (χ3v) is 5.44. The number of aromatic nitrogens is 2. The van der Waals surface area contributed by atoms with Crippen LogP contribution in [-0.2, 0) is 9.53 Å². The van der Waals surface area contributed by atoms with Crippen molar-refractivity contribution < 1.29 is 14.6 Å². The van der Waals surface area contributed by atoms with Gasteiger partial charge in [0.1, 0.15) is 5.82 Å². The first-order valence-corrected chi connectivity index (χ1v) is 9.04. The van der Waals surface area contributed by atoms with Gasteiger partial charge in [0.05, 0.1) is 18.4 Å². The number of ether oxygens (including phenoxy) is 1. The van der Waals surface area contributed by atoms with Crippen LogP contribution in [-0.4, -0.2) is 66.5 Å². The van der Waals surface area contributed by atoms with E-state index in [2.05, 4.69) is 11.0 Å². The maximum Gasteiger partial charge on any atom is 0.227 e. The number of nitrogens with zero attached hydrogens (tertiary/aromatic N) is 4. The van der Waals surface area contributed by atoms with Crippen molar-refractivity contribution in [1.29, 1.82) is 0 Å². The summed E-state index contributed by atoms with van der Waals surface area (Å²) < 4.78 is 5.52. The number of hydrogen-bond acceptors (Lipinski definition) is 7. The SMILES string of the molecule is NC(=O)C1CCN(c2cc([C@@H]3CCOC3)nc(N3CC(O)C3)n2)CC1. The van der Waals surface area contributed by atoms with Gasteiger partial charge in [-0.1, -0.05) is 0 Å². The number of carbonyl (C=O) groups excluding carboxylic acids is 1. The summed E-state index contributed by atoms with van der Waals surface area (Å²) in [7, 11) is 0. The van der Waals surface area contributed by atoms with Crippen molar-refractivity contribution in [1.82, 2.24) is 9.97 Å². The Hall–Kier alpha value is -1.93. The molecule has 4 heterocycles. The molecule has 3 saturated heterocycles. The number of anilines is 2. The van der Waals surface area contributed by atoms with Gasteiger partial charge in [-0.3, -0.25) is 4.79 Å². The van der Waals surface area contributed by atoms with E-state index in [-0.39, 0.29) is 17.9 Å². The quantitative estimate of drug-likeness (QED) is 0.781. The van der Waals surface area contributed by atoms with E-state index in [1.54, 1.807) is 0 Å². The zero-order valence-electron chi connectivity index (χ0n) is 14.3. The third kappa shape index (κ3) is 3.41. The lowest BCUT2D eigenvalue weighted by Crippen LogP contribution is -2.51. The van der Waals surface area contributed by atoms with Gasteiger partial charge in [0.15, 0.2) is 0 Å². The maximum absolute atomic E-state index is 11.4. The van der Waals surface area contributed by atoms with Crippen molar-refractivity contribution in [2.24, 2.45) is 11.7 Å². The van der Waals surface area contributed by atoms with E-state index in [4.69, 9.17) is 20.4 Å². The minimum absolute atomic E-state index is 0.0363. The van der Waals surface area contributed by atoms with E-state index in [1.165, 1.54) is 0 Å². The zero-order valence-corrected chi connectivity index (χ0v) is 14.3. The highest BCUT2D eigenvalue weighted by Crippen LogP contribution is 2.30. The van der Waals surface area contributed by atoms with Gasteiger partial charge in [-0.05, 0) is 19.3 Å². The zero-order chi connectivity index (χ0) is 17.4. The Bertz CT molecular complexity index is 635. The molecule has 8 nitrogen and oxygen atoms in total. The van der Waals surface area contributed by atoms with Gasteiger partial charge in [0.25, 0.3) is 0 Å². The molecule has 0 aliphatic carbocycles. The van der Waals surface area contributed by atoms with Gasteiger partial charge in [0.2, 0.25) is 11.9 Å². The monoisotopic (exact) mass is 347 g/mol. The number of carbonyl (C=O) groups is 1. The van der Waals surface area contributed by atoms with Crippen molar-refractivity contribution in [2.75, 3.05) is 49.2 Å². The molecule has 1 aromatic rings. The Balaban J connectivity index is 1.56. The minimum atomic E-state index is -0.295. The van der Waals surface area contributed by atoms with Crippen LogP contribution in [0.1, 0.15) is 30.9 Å². The van der Waals surface area contributed by atoms with E-state index in [0.717, 1.165) is 50.5 Å². The molecule has 1 aromatic heterocycles. The molecule has 0 radical (unpaired) electrons. The molecule has 4 rings (SSSR count). The Kier molecular flexibility index (Phi) is 4.47. The molecular formula is C17H25N5O3. The van der Waals surface area contributed by atoms with Crippen LogP contribution >= 0.6 is 0 Å². The fraction of sp³-hybridized carbons (Fsp3) is 0.706. The summed E-state index contributed by atoms with van der Waals surface area (Å²) in [5, 5.41) is 9.59. The average Bonchev–Trinajstić information content (AvgIpc) is 3.13. The van der Waals surface area contributed by atoms with E-state index in [1.807, 2.05) is 4.90 Å². The Morgan fingerprint density at radius 3 is 2.56 bits per heavy atom. The second-order valence-electron chi connectivity index (χ2n) is 7.23. The van der Waals surface area contributed by atoms with Crippen LogP contribution in [0.15, 0.2) is 6.07 Å². The number of rotatable bonds is 4. The van der Waals surface area contributed by atoms with E-state index in [0.29, 0.717) is 31.6 Å². The van der Waals surface area contributed by atoms with Gasteiger partial charge in [0, 0.05) is 50.7 Å². The first-order valence-electron chi connectivity index (χ1n) is 9.04. The van der Waals surface area contributed by atoms with Crippen LogP contribution in [0.4, 0.5) is 11.8 Å². The van der Waals surface area contributed by atoms with Crippen molar-refractivity contribution in [3.05, 3.63) is 11.8 Å². The normalized spacial score (nSPS) is 25.2. The second-order valence-corrected chi connectivity index (χ2v) is 7.23. The average molecular weight is 347 g/mol. The minimum Gasteiger partial charge on any atom is -0.389 e. The highest BCUT2D eigenvalue weighted by atomic mass is 16.5. The van der Waals surface area contributed by atoms with Gasteiger partial charge >= 0.3 is 0 Å². The summed E-state index contributed by atoms with van der Waals surface area (Å²) in [6, 6.07) is 2.06. The largest absolute Gasteiger partial charge is 0.389 e. The van der Waals surface area contributed by atoms with Crippen LogP contribution in [0.2, 0.25) is 0 Å². The Morgan fingerprint density at radius 2 is 1.96 bits per heavy atom. The van der Waals surface area contributed by atoms with Crippen LogP contribution in [0.5, 0.6) is 0 Å². The number of aliphatic hydroxyl groups is 1. The van der Waals surface area contributed by atoms with Crippen LogP contribution in [0, 0.1) is 5.92 Å². The molecule has 25 heavy (non-hydrogen) atoms. The summed E-state index contributed by atoms with van der Waals surface area (Å²) >= 11 is 0. The molecule has 0 spiro atoms. The van der Waals surface area contributed by atoms with Crippen LogP contribution in [0.25, 0.3) is 0 Å². The fourth-order valence-electron chi connectivity index (χ4n) is 3.73. The molecule has 0 saturated carbocycles. The Labute approximate surface area is 147 Å². The number of amides is 1. The predicted octanol–water partition coefficient (Wildman–Crippen LogP) is -0.137. The molecule has 0 unspecified atom stereocenters. The number of hydrogen-bond donors (Lipinski definition) is 2. The molecule has 136 valence electrons. The van der Waals surface area contributed by atoms with Gasteiger partial charge in [-0.2, -0.15) is 4.98 Å².